The number of carbonyl (C=O) groups excluding carboxylic acids is 2. The predicted octanol–water partition coefficient (Wildman–Crippen LogP) is -0.194. The van der Waals surface area contributed by atoms with Gasteiger partial charge in [-0.05, 0) is 20.8 Å². The fourth-order valence-electron chi connectivity index (χ4n) is 2.33. The molecular formula is C11H18N2O3. The largest absolute Gasteiger partial charge is 0.459 e. The SMILES string of the molecule is CC(C)(C)OC(=O)[C@]12CNC[C@H]1NC(=O)C2. The third kappa shape index (κ3) is 1.80. The molecule has 2 aliphatic heterocycles. The summed E-state index contributed by atoms with van der Waals surface area (Å²) in [4.78, 5) is 23.5. The predicted molar refractivity (Wildman–Crippen MR) is 57.7 cm³/mol. The lowest BCUT2D eigenvalue weighted by molar-refractivity contribution is -0.167. The summed E-state index contributed by atoms with van der Waals surface area (Å²) >= 11 is 0. The Labute approximate surface area is 94.9 Å². The van der Waals surface area contributed by atoms with Gasteiger partial charge in [-0.1, -0.05) is 0 Å². The van der Waals surface area contributed by atoms with Crippen LogP contribution in [0.1, 0.15) is 27.2 Å². The minimum Gasteiger partial charge on any atom is -0.459 e. The number of nitrogens with one attached hydrogen (secondary N) is 2. The van der Waals surface area contributed by atoms with Crippen molar-refractivity contribution in [1.29, 1.82) is 0 Å². The van der Waals surface area contributed by atoms with E-state index in [1.54, 1.807) is 0 Å². The van der Waals surface area contributed by atoms with Crippen LogP contribution in [0.2, 0.25) is 0 Å². The van der Waals surface area contributed by atoms with Gasteiger partial charge in [-0.3, -0.25) is 9.59 Å². The molecule has 16 heavy (non-hydrogen) atoms. The molecule has 0 aromatic rings. The molecule has 2 fully saturated rings. The summed E-state index contributed by atoms with van der Waals surface area (Å²) in [5.41, 5.74) is -1.20. The monoisotopic (exact) mass is 226 g/mol. The second-order valence-corrected chi connectivity index (χ2v) is 5.59. The Morgan fingerprint density at radius 2 is 2.19 bits per heavy atom. The summed E-state index contributed by atoms with van der Waals surface area (Å²) < 4.78 is 5.40. The van der Waals surface area contributed by atoms with E-state index in [4.69, 9.17) is 4.74 Å². The van der Waals surface area contributed by atoms with E-state index in [9.17, 15) is 9.59 Å². The number of esters is 1. The van der Waals surface area contributed by atoms with Gasteiger partial charge in [-0.2, -0.15) is 0 Å². The minimum absolute atomic E-state index is 0.0580. The molecule has 90 valence electrons. The first-order valence-corrected chi connectivity index (χ1v) is 5.57. The van der Waals surface area contributed by atoms with Gasteiger partial charge in [0.2, 0.25) is 5.91 Å². The average molecular weight is 226 g/mol. The van der Waals surface area contributed by atoms with Gasteiger partial charge in [0.15, 0.2) is 0 Å². The maximum Gasteiger partial charge on any atom is 0.316 e. The Kier molecular flexibility index (Phi) is 2.45. The van der Waals surface area contributed by atoms with E-state index in [1.807, 2.05) is 20.8 Å². The van der Waals surface area contributed by atoms with Gasteiger partial charge in [0.25, 0.3) is 0 Å². The Morgan fingerprint density at radius 1 is 1.50 bits per heavy atom. The van der Waals surface area contributed by atoms with Crippen LogP contribution in [-0.4, -0.2) is 36.6 Å². The second kappa shape index (κ2) is 3.45. The lowest BCUT2D eigenvalue weighted by Gasteiger charge is -2.29. The van der Waals surface area contributed by atoms with Crippen LogP contribution < -0.4 is 10.6 Å². The van der Waals surface area contributed by atoms with E-state index in [2.05, 4.69) is 10.6 Å². The first-order valence-electron chi connectivity index (χ1n) is 5.57. The van der Waals surface area contributed by atoms with Gasteiger partial charge < -0.3 is 15.4 Å². The third-order valence-electron chi connectivity index (χ3n) is 3.07. The molecule has 2 atom stereocenters. The van der Waals surface area contributed by atoms with Crippen LogP contribution in [-0.2, 0) is 14.3 Å². The van der Waals surface area contributed by atoms with Gasteiger partial charge in [0.1, 0.15) is 11.0 Å². The normalized spacial score (nSPS) is 33.4. The number of ether oxygens (including phenoxy) is 1. The molecule has 2 aliphatic rings. The van der Waals surface area contributed by atoms with Crippen molar-refractivity contribution < 1.29 is 14.3 Å². The van der Waals surface area contributed by atoms with E-state index in [0.717, 1.165) is 0 Å². The van der Waals surface area contributed by atoms with E-state index in [0.29, 0.717) is 13.1 Å². The molecule has 0 unspecified atom stereocenters. The first-order chi connectivity index (χ1) is 7.33. The van der Waals surface area contributed by atoms with Gasteiger partial charge in [-0.15, -0.1) is 0 Å². The van der Waals surface area contributed by atoms with Crippen LogP contribution in [0.3, 0.4) is 0 Å². The van der Waals surface area contributed by atoms with Crippen LogP contribution in [0.15, 0.2) is 0 Å². The van der Waals surface area contributed by atoms with Crippen LogP contribution in [0.25, 0.3) is 0 Å². The zero-order valence-corrected chi connectivity index (χ0v) is 9.92. The Hall–Kier alpha value is -1.10. The number of carbonyl (C=O) groups is 2. The Balaban J connectivity index is 2.18. The van der Waals surface area contributed by atoms with Crippen molar-refractivity contribution in [3.63, 3.8) is 0 Å². The van der Waals surface area contributed by atoms with Crippen molar-refractivity contribution in [2.75, 3.05) is 13.1 Å². The van der Waals surface area contributed by atoms with Crippen LogP contribution >= 0.6 is 0 Å². The summed E-state index contributed by atoms with van der Waals surface area (Å²) in [6, 6.07) is -0.116. The zero-order chi connectivity index (χ0) is 12.0. The maximum absolute atomic E-state index is 12.2. The molecule has 2 rings (SSSR count). The molecule has 5 heteroatoms. The fourth-order valence-corrected chi connectivity index (χ4v) is 2.33. The number of hydrogen-bond donors (Lipinski definition) is 2. The van der Waals surface area contributed by atoms with Crippen LogP contribution in [0.5, 0.6) is 0 Å². The quantitative estimate of drug-likeness (QED) is 0.608. The molecule has 0 spiro atoms. The van der Waals surface area contributed by atoms with Gasteiger partial charge in [-0.25, -0.2) is 0 Å². The second-order valence-electron chi connectivity index (χ2n) is 5.59. The number of hydrogen-bond acceptors (Lipinski definition) is 4. The molecule has 0 bridgehead atoms. The van der Waals surface area contributed by atoms with Crippen molar-refractivity contribution in [2.24, 2.45) is 5.41 Å². The highest BCUT2D eigenvalue weighted by molar-refractivity contribution is 5.91. The maximum atomic E-state index is 12.2. The lowest BCUT2D eigenvalue weighted by atomic mass is 9.83. The minimum atomic E-state index is -0.690. The summed E-state index contributed by atoms with van der Waals surface area (Å²) in [7, 11) is 0. The van der Waals surface area contributed by atoms with Crippen molar-refractivity contribution in [3.8, 4) is 0 Å². The number of rotatable bonds is 1. The zero-order valence-electron chi connectivity index (χ0n) is 9.92. The highest BCUT2D eigenvalue weighted by Gasteiger charge is 2.57. The van der Waals surface area contributed by atoms with Crippen molar-refractivity contribution >= 4 is 11.9 Å². The highest BCUT2D eigenvalue weighted by Crippen LogP contribution is 2.37. The number of amides is 1. The van der Waals surface area contributed by atoms with E-state index in [1.165, 1.54) is 0 Å². The molecular weight excluding hydrogens is 208 g/mol. The van der Waals surface area contributed by atoms with Gasteiger partial charge in [0, 0.05) is 19.5 Å². The van der Waals surface area contributed by atoms with Gasteiger partial charge in [0.05, 0.1) is 6.04 Å². The Bertz CT molecular complexity index is 335. The molecule has 1 amide bonds. The molecule has 2 heterocycles. The standard InChI is InChI=1S/C11H18N2O3/c1-10(2,3)16-9(15)11-4-8(14)13-7(11)5-12-6-11/h7,12H,4-6H2,1-3H3,(H,13,14)/t7-,11-/m1/s1. The summed E-state index contributed by atoms with van der Waals surface area (Å²) in [5, 5.41) is 5.96. The summed E-state index contributed by atoms with van der Waals surface area (Å²) in [6.45, 7) is 6.67. The summed E-state index contributed by atoms with van der Waals surface area (Å²) in [6.07, 6.45) is 0.236. The molecule has 2 saturated heterocycles. The van der Waals surface area contributed by atoms with Crippen molar-refractivity contribution in [2.45, 2.75) is 38.8 Å². The lowest BCUT2D eigenvalue weighted by Crippen LogP contribution is -2.45. The fraction of sp³-hybridized carbons (Fsp3) is 0.818. The van der Waals surface area contributed by atoms with E-state index in [-0.39, 0.29) is 24.3 Å². The molecule has 0 saturated carbocycles. The molecule has 5 nitrogen and oxygen atoms in total. The number of fused-ring (bicyclic) bond motifs is 1. The molecule has 0 aromatic heterocycles. The van der Waals surface area contributed by atoms with Crippen LogP contribution in [0.4, 0.5) is 0 Å². The first kappa shape index (κ1) is 11.4. The van der Waals surface area contributed by atoms with Crippen molar-refractivity contribution in [1.82, 2.24) is 10.6 Å². The highest BCUT2D eigenvalue weighted by atomic mass is 16.6. The topological polar surface area (TPSA) is 67.4 Å². The molecule has 0 aliphatic carbocycles. The Morgan fingerprint density at radius 3 is 2.81 bits per heavy atom. The summed E-state index contributed by atoms with van der Waals surface area (Å²) in [5.74, 6) is -0.328. The smallest absolute Gasteiger partial charge is 0.316 e. The average Bonchev–Trinajstić information content (AvgIpc) is 2.56. The van der Waals surface area contributed by atoms with E-state index < -0.39 is 11.0 Å². The molecule has 0 radical (unpaired) electrons. The van der Waals surface area contributed by atoms with Gasteiger partial charge >= 0.3 is 5.97 Å². The molecule has 0 aromatic carbocycles. The molecule has 2 N–H and O–H groups in total. The van der Waals surface area contributed by atoms with E-state index >= 15 is 0 Å². The van der Waals surface area contributed by atoms with Crippen LogP contribution in [0, 0.1) is 5.41 Å². The third-order valence-corrected chi connectivity index (χ3v) is 3.07. The van der Waals surface area contributed by atoms with Crippen molar-refractivity contribution in [3.05, 3.63) is 0 Å².